The van der Waals surface area contributed by atoms with Crippen molar-refractivity contribution in [3.05, 3.63) is 60.2 Å². The molecule has 1 unspecified atom stereocenters. The van der Waals surface area contributed by atoms with Gasteiger partial charge in [-0.15, -0.1) is 0 Å². The van der Waals surface area contributed by atoms with Crippen molar-refractivity contribution < 1.29 is 9.18 Å². The van der Waals surface area contributed by atoms with E-state index in [-0.39, 0.29) is 23.8 Å². The molecule has 1 aromatic heterocycles. The van der Waals surface area contributed by atoms with Gasteiger partial charge < -0.3 is 9.88 Å². The first kappa shape index (κ1) is 16.7. The molecule has 0 bridgehead atoms. The molecule has 1 saturated heterocycles. The van der Waals surface area contributed by atoms with Crippen LogP contribution in [0.25, 0.3) is 0 Å². The summed E-state index contributed by atoms with van der Waals surface area (Å²) in [5.74, 6) is -0.125. The third-order valence-electron chi connectivity index (χ3n) is 4.71. The van der Waals surface area contributed by atoms with Crippen molar-refractivity contribution in [1.29, 1.82) is 0 Å². The number of halogens is 1. The molecule has 1 atom stereocenters. The lowest BCUT2D eigenvalue weighted by Crippen LogP contribution is -2.46. The Labute approximate surface area is 142 Å². The molecule has 1 fully saturated rings. The summed E-state index contributed by atoms with van der Waals surface area (Å²) in [5, 5.41) is 3.16. The number of nitrogens with zero attached hydrogens (tertiary/aromatic N) is 2. The van der Waals surface area contributed by atoms with Crippen molar-refractivity contribution in [2.45, 2.75) is 38.4 Å². The number of nitrogens with one attached hydrogen (secondary N) is 1. The van der Waals surface area contributed by atoms with E-state index in [0.717, 1.165) is 38.0 Å². The lowest BCUT2D eigenvalue weighted by atomic mass is 10.0. The maximum absolute atomic E-state index is 12.9. The number of amides is 1. The zero-order valence-corrected chi connectivity index (χ0v) is 14.0. The minimum atomic E-state index is -0.197. The molecular formula is C19H24FN3O. The highest BCUT2D eigenvalue weighted by atomic mass is 19.1. The van der Waals surface area contributed by atoms with Gasteiger partial charge in [0, 0.05) is 38.1 Å². The van der Waals surface area contributed by atoms with Gasteiger partial charge in [-0.3, -0.25) is 9.69 Å². The molecule has 128 valence electrons. The summed E-state index contributed by atoms with van der Waals surface area (Å²) in [6, 6.07) is 10.6. The highest BCUT2D eigenvalue weighted by Crippen LogP contribution is 2.15. The second-order valence-electron chi connectivity index (χ2n) is 6.49. The largest absolute Gasteiger partial charge is 0.351 e. The molecule has 0 saturated carbocycles. The average Bonchev–Trinajstić information content (AvgIpc) is 3.12. The monoisotopic (exact) mass is 329 g/mol. The van der Waals surface area contributed by atoms with Gasteiger partial charge in [0.25, 0.3) is 0 Å². The summed E-state index contributed by atoms with van der Waals surface area (Å²) in [6.07, 6.45) is 5.72. The fraction of sp³-hybridized carbons (Fsp3) is 0.421. The molecule has 4 nitrogen and oxygen atoms in total. The zero-order valence-electron chi connectivity index (χ0n) is 14.0. The Hall–Kier alpha value is -2.14. The van der Waals surface area contributed by atoms with Crippen LogP contribution in [0.15, 0.2) is 48.8 Å². The van der Waals surface area contributed by atoms with Crippen molar-refractivity contribution in [2.24, 2.45) is 0 Å². The minimum Gasteiger partial charge on any atom is -0.351 e. The number of benzene rings is 1. The number of likely N-dealkylation sites (tertiary alicyclic amines) is 1. The highest BCUT2D eigenvalue weighted by Gasteiger charge is 2.23. The van der Waals surface area contributed by atoms with Gasteiger partial charge in [-0.25, -0.2) is 4.39 Å². The smallest absolute Gasteiger partial charge is 0.242 e. The quantitative estimate of drug-likeness (QED) is 0.916. The van der Waals surface area contributed by atoms with Crippen molar-refractivity contribution in [2.75, 3.05) is 13.1 Å². The molecule has 0 aliphatic carbocycles. The fourth-order valence-electron chi connectivity index (χ4n) is 3.15. The van der Waals surface area contributed by atoms with Crippen LogP contribution in [0, 0.1) is 5.82 Å². The van der Waals surface area contributed by atoms with Crippen molar-refractivity contribution in [1.82, 2.24) is 14.8 Å². The van der Waals surface area contributed by atoms with Gasteiger partial charge in [-0.2, -0.15) is 0 Å². The molecule has 24 heavy (non-hydrogen) atoms. The van der Waals surface area contributed by atoms with Crippen LogP contribution in [0.1, 0.15) is 31.4 Å². The summed E-state index contributed by atoms with van der Waals surface area (Å²) in [6.45, 7) is 4.64. The molecule has 1 aliphatic rings. The van der Waals surface area contributed by atoms with Crippen molar-refractivity contribution in [3.8, 4) is 0 Å². The Morgan fingerprint density at radius 2 is 1.83 bits per heavy atom. The normalized spacial score (nSPS) is 17.6. The van der Waals surface area contributed by atoms with Crippen LogP contribution < -0.4 is 5.32 Å². The Morgan fingerprint density at radius 3 is 2.46 bits per heavy atom. The molecule has 1 N–H and O–H groups in total. The standard InChI is InChI=1S/C19H24FN3O/c1-15(23-10-2-3-11-23)19(24)21-18-8-12-22(13-9-18)14-16-4-6-17(20)7-5-16/h2-7,10-11,15,18H,8-9,12-14H2,1H3,(H,21,24). The van der Waals surface area contributed by atoms with E-state index in [9.17, 15) is 9.18 Å². The number of rotatable bonds is 5. The molecule has 2 heterocycles. The van der Waals surface area contributed by atoms with Crippen LogP contribution in [0.2, 0.25) is 0 Å². The SMILES string of the molecule is CC(C(=O)NC1CCN(Cc2ccc(F)cc2)CC1)n1cccc1. The van der Waals surface area contributed by atoms with Crippen molar-refractivity contribution >= 4 is 5.91 Å². The van der Waals surface area contributed by atoms with E-state index >= 15 is 0 Å². The second-order valence-corrected chi connectivity index (χ2v) is 6.49. The second kappa shape index (κ2) is 7.62. The Kier molecular flexibility index (Phi) is 5.30. The number of aromatic nitrogens is 1. The Balaban J connectivity index is 1.45. The molecule has 0 radical (unpaired) electrons. The van der Waals surface area contributed by atoms with Crippen LogP contribution in [0.3, 0.4) is 0 Å². The van der Waals surface area contributed by atoms with Gasteiger partial charge in [0.1, 0.15) is 11.9 Å². The van der Waals surface area contributed by atoms with Gasteiger partial charge in [0.05, 0.1) is 0 Å². The van der Waals surface area contributed by atoms with Crippen LogP contribution in [0.5, 0.6) is 0 Å². The summed E-state index contributed by atoms with van der Waals surface area (Å²) in [5.41, 5.74) is 1.13. The van der Waals surface area contributed by atoms with E-state index in [2.05, 4.69) is 10.2 Å². The number of piperidine rings is 1. The van der Waals surface area contributed by atoms with Gasteiger partial charge in [-0.05, 0) is 49.6 Å². The third kappa shape index (κ3) is 4.23. The Morgan fingerprint density at radius 1 is 1.21 bits per heavy atom. The van der Waals surface area contributed by atoms with Crippen LogP contribution in [-0.2, 0) is 11.3 Å². The van der Waals surface area contributed by atoms with E-state index < -0.39 is 0 Å². The van der Waals surface area contributed by atoms with Gasteiger partial charge in [0.15, 0.2) is 0 Å². The average molecular weight is 329 g/mol. The van der Waals surface area contributed by atoms with Gasteiger partial charge in [-0.1, -0.05) is 12.1 Å². The number of carbonyl (C=O) groups excluding carboxylic acids is 1. The van der Waals surface area contributed by atoms with E-state index in [1.54, 1.807) is 0 Å². The fourth-order valence-corrected chi connectivity index (χ4v) is 3.15. The molecule has 2 aromatic rings. The predicted octanol–water partition coefficient (Wildman–Crippen LogP) is 2.97. The number of carbonyl (C=O) groups is 1. The summed E-state index contributed by atoms with van der Waals surface area (Å²) in [4.78, 5) is 14.7. The number of hydrogen-bond acceptors (Lipinski definition) is 2. The molecule has 1 aliphatic heterocycles. The van der Waals surface area contributed by atoms with Gasteiger partial charge >= 0.3 is 0 Å². The third-order valence-corrected chi connectivity index (χ3v) is 4.71. The maximum Gasteiger partial charge on any atom is 0.242 e. The maximum atomic E-state index is 12.9. The van der Waals surface area contributed by atoms with E-state index in [4.69, 9.17) is 0 Å². The first-order valence-corrected chi connectivity index (χ1v) is 8.51. The molecule has 1 aromatic carbocycles. The molecule has 1 amide bonds. The zero-order chi connectivity index (χ0) is 16.9. The van der Waals surface area contributed by atoms with Crippen LogP contribution in [-0.4, -0.2) is 34.5 Å². The van der Waals surface area contributed by atoms with E-state index in [1.165, 1.54) is 12.1 Å². The first-order chi connectivity index (χ1) is 11.6. The van der Waals surface area contributed by atoms with Gasteiger partial charge in [0.2, 0.25) is 5.91 Å². The van der Waals surface area contributed by atoms with Crippen molar-refractivity contribution in [3.63, 3.8) is 0 Å². The topological polar surface area (TPSA) is 37.3 Å². The highest BCUT2D eigenvalue weighted by molar-refractivity contribution is 5.80. The van der Waals surface area contributed by atoms with Crippen LogP contribution in [0.4, 0.5) is 4.39 Å². The molecule has 5 heteroatoms. The molecule has 3 rings (SSSR count). The van der Waals surface area contributed by atoms with Crippen LogP contribution >= 0.6 is 0 Å². The summed E-state index contributed by atoms with van der Waals surface area (Å²) >= 11 is 0. The molecule has 0 spiro atoms. The Bertz CT molecular complexity index is 646. The summed E-state index contributed by atoms with van der Waals surface area (Å²) in [7, 11) is 0. The number of hydrogen-bond donors (Lipinski definition) is 1. The predicted molar refractivity (Wildman–Crippen MR) is 92.0 cm³/mol. The lowest BCUT2D eigenvalue weighted by Gasteiger charge is -2.33. The first-order valence-electron chi connectivity index (χ1n) is 8.51. The summed E-state index contributed by atoms with van der Waals surface area (Å²) < 4.78 is 14.9. The molecular weight excluding hydrogens is 305 g/mol. The lowest BCUT2D eigenvalue weighted by molar-refractivity contribution is -0.124. The minimum absolute atomic E-state index is 0.0724. The van der Waals surface area contributed by atoms with E-state index in [0.29, 0.717) is 0 Å². The van der Waals surface area contributed by atoms with E-state index in [1.807, 2.05) is 48.1 Å².